The normalized spacial score (nSPS) is 19.0. The van der Waals surface area contributed by atoms with Gasteiger partial charge in [-0.25, -0.2) is 4.98 Å². The van der Waals surface area contributed by atoms with Gasteiger partial charge in [-0.15, -0.1) is 0 Å². The minimum atomic E-state index is 0.443. The molecule has 3 heteroatoms. The number of aryl methyl sites for hydroxylation is 2. The van der Waals surface area contributed by atoms with E-state index >= 15 is 0 Å². The van der Waals surface area contributed by atoms with Crippen molar-refractivity contribution in [1.29, 1.82) is 0 Å². The summed E-state index contributed by atoms with van der Waals surface area (Å²) in [4.78, 5) is 8.85. The second-order valence-corrected chi connectivity index (χ2v) is 5.65. The maximum Gasteiger partial charge on any atom is 0.144 e. The van der Waals surface area contributed by atoms with Gasteiger partial charge >= 0.3 is 0 Å². The molecule has 0 saturated heterocycles. The highest BCUT2D eigenvalue weighted by molar-refractivity contribution is 5.33. The van der Waals surface area contributed by atoms with E-state index in [-0.39, 0.29) is 0 Å². The molecule has 1 fully saturated rings. The Bertz CT molecular complexity index is 381. The van der Waals surface area contributed by atoms with E-state index < -0.39 is 0 Å². The maximum atomic E-state index is 4.51. The number of hydrogen-bond acceptors (Lipinski definition) is 3. The van der Waals surface area contributed by atoms with Crippen LogP contribution < -0.4 is 5.32 Å². The van der Waals surface area contributed by atoms with Gasteiger partial charge in [0.2, 0.25) is 0 Å². The average molecular weight is 233 g/mol. The quantitative estimate of drug-likeness (QED) is 0.868. The van der Waals surface area contributed by atoms with Crippen molar-refractivity contribution in [2.45, 2.75) is 52.9 Å². The van der Waals surface area contributed by atoms with Crippen LogP contribution in [0.1, 0.15) is 50.4 Å². The minimum Gasteiger partial charge on any atom is -0.368 e. The van der Waals surface area contributed by atoms with Gasteiger partial charge < -0.3 is 5.32 Å². The first kappa shape index (κ1) is 12.3. The SMILES string of the molecule is Cc1ncc(NCC2(C)CCCCC2)nc1C. The van der Waals surface area contributed by atoms with E-state index in [1.54, 1.807) is 0 Å². The van der Waals surface area contributed by atoms with Crippen molar-refractivity contribution in [2.75, 3.05) is 11.9 Å². The van der Waals surface area contributed by atoms with Gasteiger partial charge in [0.15, 0.2) is 0 Å². The molecular formula is C14H23N3. The lowest BCUT2D eigenvalue weighted by Crippen LogP contribution is -2.29. The summed E-state index contributed by atoms with van der Waals surface area (Å²) in [6.45, 7) is 7.40. The minimum absolute atomic E-state index is 0.443. The summed E-state index contributed by atoms with van der Waals surface area (Å²) >= 11 is 0. The Labute approximate surface area is 104 Å². The number of aromatic nitrogens is 2. The van der Waals surface area contributed by atoms with Crippen LogP contribution in [0.4, 0.5) is 5.82 Å². The number of anilines is 1. The first-order valence-corrected chi connectivity index (χ1v) is 6.63. The van der Waals surface area contributed by atoms with Crippen LogP contribution >= 0.6 is 0 Å². The molecule has 1 aliphatic carbocycles. The van der Waals surface area contributed by atoms with Crippen molar-refractivity contribution in [3.63, 3.8) is 0 Å². The zero-order chi connectivity index (χ0) is 12.3. The zero-order valence-electron chi connectivity index (χ0n) is 11.2. The zero-order valence-corrected chi connectivity index (χ0v) is 11.2. The van der Waals surface area contributed by atoms with E-state index in [4.69, 9.17) is 0 Å². The Balaban J connectivity index is 1.94. The van der Waals surface area contributed by atoms with Crippen LogP contribution in [0.15, 0.2) is 6.20 Å². The highest BCUT2D eigenvalue weighted by atomic mass is 15.0. The van der Waals surface area contributed by atoms with E-state index in [9.17, 15) is 0 Å². The molecule has 1 N–H and O–H groups in total. The van der Waals surface area contributed by atoms with Crippen LogP contribution in [0, 0.1) is 19.3 Å². The summed E-state index contributed by atoms with van der Waals surface area (Å²) in [6.07, 6.45) is 8.65. The second kappa shape index (κ2) is 5.03. The molecule has 1 saturated carbocycles. The van der Waals surface area contributed by atoms with Gasteiger partial charge in [0.05, 0.1) is 17.6 Å². The Morgan fingerprint density at radius 2 is 1.88 bits per heavy atom. The van der Waals surface area contributed by atoms with Crippen LogP contribution in [0.2, 0.25) is 0 Å². The molecule has 0 amide bonds. The molecule has 17 heavy (non-hydrogen) atoms. The van der Waals surface area contributed by atoms with Gasteiger partial charge in [0.25, 0.3) is 0 Å². The molecule has 0 aromatic carbocycles. The molecule has 0 atom stereocenters. The van der Waals surface area contributed by atoms with Crippen LogP contribution in [0.25, 0.3) is 0 Å². The molecule has 1 aromatic heterocycles. The topological polar surface area (TPSA) is 37.8 Å². The van der Waals surface area contributed by atoms with Gasteiger partial charge in [0.1, 0.15) is 5.82 Å². The molecule has 0 unspecified atom stereocenters. The van der Waals surface area contributed by atoms with Gasteiger partial charge in [0, 0.05) is 6.54 Å². The maximum absolute atomic E-state index is 4.51. The molecule has 0 radical (unpaired) electrons. The first-order valence-electron chi connectivity index (χ1n) is 6.63. The standard InChI is InChI=1S/C14H23N3/c1-11-12(2)17-13(9-15-11)16-10-14(3)7-5-4-6-8-14/h9H,4-8,10H2,1-3H3,(H,16,17). The predicted octanol–water partition coefficient (Wildman–Crippen LogP) is 3.48. The predicted molar refractivity (Wildman–Crippen MR) is 71.2 cm³/mol. The van der Waals surface area contributed by atoms with Crippen LogP contribution in [-0.4, -0.2) is 16.5 Å². The summed E-state index contributed by atoms with van der Waals surface area (Å²) in [5.74, 6) is 0.917. The van der Waals surface area contributed by atoms with Crippen molar-refractivity contribution < 1.29 is 0 Å². The molecular weight excluding hydrogens is 210 g/mol. The molecule has 1 aromatic rings. The second-order valence-electron chi connectivity index (χ2n) is 5.65. The van der Waals surface area contributed by atoms with Crippen molar-refractivity contribution in [3.8, 4) is 0 Å². The lowest BCUT2D eigenvalue weighted by atomic mass is 9.76. The summed E-state index contributed by atoms with van der Waals surface area (Å²) in [6, 6.07) is 0. The van der Waals surface area contributed by atoms with Crippen molar-refractivity contribution in [2.24, 2.45) is 5.41 Å². The van der Waals surface area contributed by atoms with Crippen molar-refractivity contribution in [1.82, 2.24) is 9.97 Å². The Morgan fingerprint density at radius 1 is 1.18 bits per heavy atom. The summed E-state index contributed by atoms with van der Waals surface area (Å²) in [5.41, 5.74) is 2.47. The molecule has 94 valence electrons. The highest BCUT2D eigenvalue weighted by Gasteiger charge is 2.26. The Kier molecular flexibility index (Phi) is 3.65. The molecule has 2 rings (SSSR count). The number of hydrogen-bond donors (Lipinski definition) is 1. The molecule has 0 aliphatic heterocycles. The van der Waals surface area contributed by atoms with E-state index in [2.05, 4.69) is 22.2 Å². The van der Waals surface area contributed by atoms with Gasteiger partial charge in [-0.05, 0) is 32.1 Å². The monoisotopic (exact) mass is 233 g/mol. The largest absolute Gasteiger partial charge is 0.368 e. The molecule has 3 nitrogen and oxygen atoms in total. The summed E-state index contributed by atoms with van der Waals surface area (Å²) in [7, 11) is 0. The van der Waals surface area contributed by atoms with Gasteiger partial charge in [-0.2, -0.15) is 0 Å². The Morgan fingerprint density at radius 3 is 2.53 bits per heavy atom. The van der Waals surface area contributed by atoms with Gasteiger partial charge in [-0.3, -0.25) is 4.98 Å². The number of nitrogens with one attached hydrogen (secondary N) is 1. The number of nitrogens with zero attached hydrogens (tertiary/aromatic N) is 2. The van der Waals surface area contributed by atoms with Gasteiger partial charge in [-0.1, -0.05) is 26.2 Å². The average Bonchev–Trinajstić information content (AvgIpc) is 2.32. The molecule has 0 bridgehead atoms. The third-order valence-corrected chi connectivity index (χ3v) is 3.95. The summed E-state index contributed by atoms with van der Waals surface area (Å²) < 4.78 is 0. The lowest BCUT2D eigenvalue weighted by molar-refractivity contribution is 0.233. The molecule has 0 spiro atoms. The molecule has 1 aliphatic rings. The van der Waals surface area contributed by atoms with Crippen LogP contribution in [0.3, 0.4) is 0 Å². The van der Waals surface area contributed by atoms with E-state index in [1.165, 1.54) is 32.1 Å². The lowest BCUT2D eigenvalue weighted by Gasteiger charge is -2.33. The van der Waals surface area contributed by atoms with Crippen molar-refractivity contribution in [3.05, 3.63) is 17.6 Å². The highest BCUT2D eigenvalue weighted by Crippen LogP contribution is 2.35. The third-order valence-electron chi connectivity index (χ3n) is 3.95. The fraction of sp³-hybridized carbons (Fsp3) is 0.714. The number of rotatable bonds is 3. The van der Waals surface area contributed by atoms with Crippen LogP contribution in [-0.2, 0) is 0 Å². The van der Waals surface area contributed by atoms with E-state index in [0.29, 0.717) is 5.41 Å². The van der Waals surface area contributed by atoms with E-state index in [0.717, 1.165) is 23.8 Å². The Hall–Kier alpha value is -1.12. The smallest absolute Gasteiger partial charge is 0.144 e. The molecule has 1 heterocycles. The summed E-state index contributed by atoms with van der Waals surface area (Å²) in [5, 5.41) is 3.45. The fourth-order valence-electron chi connectivity index (χ4n) is 2.51. The fourth-order valence-corrected chi connectivity index (χ4v) is 2.51. The van der Waals surface area contributed by atoms with Crippen LogP contribution in [0.5, 0.6) is 0 Å². The first-order chi connectivity index (χ1) is 8.09. The van der Waals surface area contributed by atoms with E-state index in [1.807, 2.05) is 20.0 Å². The van der Waals surface area contributed by atoms with Crippen molar-refractivity contribution >= 4 is 5.82 Å². The third kappa shape index (κ3) is 3.18.